The molecule has 1 amide bonds. The summed E-state index contributed by atoms with van der Waals surface area (Å²) in [6, 6.07) is 0. The summed E-state index contributed by atoms with van der Waals surface area (Å²) in [5.41, 5.74) is 0.814. The van der Waals surface area contributed by atoms with E-state index in [4.69, 9.17) is 4.74 Å². The number of carbonyl (C=O) groups is 1. The van der Waals surface area contributed by atoms with Crippen molar-refractivity contribution in [2.75, 3.05) is 13.2 Å². The van der Waals surface area contributed by atoms with E-state index in [-0.39, 0.29) is 5.91 Å². The van der Waals surface area contributed by atoms with Crippen molar-refractivity contribution in [3.63, 3.8) is 0 Å². The molecule has 1 aliphatic heterocycles. The summed E-state index contributed by atoms with van der Waals surface area (Å²) in [7, 11) is 0. The van der Waals surface area contributed by atoms with Crippen molar-refractivity contribution >= 4 is 5.91 Å². The molecule has 0 spiro atoms. The van der Waals surface area contributed by atoms with Gasteiger partial charge < -0.3 is 9.64 Å². The fraction of sp³-hybridized carbons (Fsp3) is 0.545. The molecule has 3 heteroatoms. The zero-order valence-electron chi connectivity index (χ0n) is 8.88. The Bertz CT molecular complexity index is 268. The lowest BCUT2D eigenvalue weighted by atomic mass is 10.3. The van der Waals surface area contributed by atoms with Gasteiger partial charge in [-0.25, -0.2) is 0 Å². The molecule has 1 aliphatic rings. The van der Waals surface area contributed by atoms with Crippen LogP contribution in [0.3, 0.4) is 0 Å². The molecule has 0 atom stereocenters. The molecule has 0 radical (unpaired) electrons. The Hall–Kier alpha value is -1.25. The highest BCUT2D eigenvalue weighted by Crippen LogP contribution is 2.21. The van der Waals surface area contributed by atoms with Crippen LogP contribution in [0.2, 0.25) is 0 Å². The molecule has 0 saturated carbocycles. The molecule has 0 aromatic heterocycles. The maximum atomic E-state index is 11.5. The molecule has 14 heavy (non-hydrogen) atoms. The van der Waals surface area contributed by atoms with Crippen LogP contribution in [0.25, 0.3) is 0 Å². The summed E-state index contributed by atoms with van der Waals surface area (Å²) in [6.07, 6.45) is 3.44. The molecule has 0 aromatic rings. The third-order valence-electron chi connectivity index (χ3n) is 2.24. The number of amides is 1. The molecule has 78 valence electrons. The summed E-state index contributed by atoms with van der Waals surface area (Å²) in [6.45, 7) is 8.98. The van der Waals surface area contributed by atoms with Gasteiger partial charge in [0.25, 0.3) is 0 Å². The number of ether oxygens (including phenoxy) is 1. The molecule has 0 unspecified atom stereocenters. The molecule has 3 nitrogen and oxygen atoms in total. The molecule has 1 rings (SSSR count). The lowest BCUT2D eigenvalue weighted by molar-refractivity contribution is -0.126. The van der Waals surface area contributed by atoms with Gasteiger partial charge >= 0.3 is 0 Å². The van der Waals surface area contributed by atoms with Crippen LogP contribution >= 0.6 is 0 Å². The first-order chi connectivity index (χ1) is 6.70. The lowest BCUT2D eigenvalue weighted by Gasteiger charge is -2.20. The first-order valence-electron chi connectivity index (χ1n) is 4.99. The van der Waals surface area contributed by atoms with Crippen LogP contribution in [-0.2, 0) is 9.53 Å². The minimum atomic E-state index is 0.166. The second-order valence-corrected chi connectivity index (χ2v) is 3.18. The van der Waals surface area contributed by atoms with Gasteiger partial charge in [0, 0.05) is 13.0 Å². The average molecular weight is 195 g/mol. The highest BCUT2D eigenvalue weighted by Gasteiger charge is 2.24. The Balaban J connectivity index is 2.72. The van der Waals surface area contributed by atoms with Gasteiger partial charge in [-0.1, -0.05) is 12.7 Å². The predicted octanol–water partition coefficient (Wildman–Crippen LogP) is 2.06. The molecule has 0 aliphatic carbocycles. The summed E-state index contributed by atoms with van der Waals surface area (Å²) in [5.74, 6) is 0.754. The molecule has 1 fully saturated rings. The monoisotopic (exact) mass is 195 g/mol. The Morgan fingerprint density at radius 2 is 2.43 bits per heavy atom. The van der Waals surface area contributed by atoms with E-state index in [0.717, 1.165) is 18.7 Å². The predicted molar refractivity (Wildman–Crippen MR) is 55.5 cm³/mol. The van der Waals surface area contributed by atoms with Gasteiger partial charge in [0.1, 0.15) is 5.76 Å². The third-order valence-corrected chi connectivity index (χ3v) is 2.24. The van der Waals surface area contributed by atoms with Crippen molar-refractivity contribution in [2.45, 2.75) is 26.7 Å². The number of hydrogen-bond donors (Lipinski definition) is 0. The van der Waals surface area contributed by atoms with E-state index in [9.17, 15) is 4.79 Å². The normalized spacial score (nSPS) is 17.4. The van der Waals surface area contributed by atoms with Crippen LogP contribution in [0.15, 0.2) is 24.1 Å². The van der Waals surface area contributed by atoms with Crippen molar-refractivity contribution in [1.82, 2.24) is 4.90 Å². The fourth-order valence-electron chi connectivity index (χ4n) is 1.62. The van der Waals surface area contributed by atoms with Gasteiger partial charge in [-0.2, -0.15) is 0 Å². The highest BCUT2D eigenvalue weighted by atomic mass is 16.5. The van der Waals surface area contributed by atoms with Crippen molar-refractivity contribution in [2.24, 2.45) is 0 Å². The second kappa shape index (κ2) is 4.84. The van der Waals surface area contributed by atoms with Crippen molar-refractivity contribution < 1.29 is 9.53 Å². The average Bonchev–Trinajstić information content (AvgIpc) is 2.54. The van der Waals surface area contributed by atoms with Crippen LogP contribution in [0, 0.1) is 0 Å². The van der Waals surface area contributed by atoms with Crippen LogP contribution in [0.5, 0.6) is 0 Å². The lowest BCUT2D eigenvalue weighted by Crippen LogP contribution is -2.25. The minimum absolute atomic E-state index is 0.166. The Morgan fingerprint density at radius 1 is 1.71 bits per heavy atom. The zero-order chi connectivity index (χ0) is 10.6. The van der Waals surface area contributed by atoms with E-state index in [1.165, 1.54) is 0 Å². The van der Waals surface area contributed by atoms with Crippen molar-refractivity contribution in [3.8, 4) is 0 Å². The van der Waals surface area contributed by atoms with E-state index < -0.39 is 0 Å². The Labute approximate surface area is 85.0 Å². The Morgan fingerprint density at radius 3 is 2.86 bits per heavy atom. The number of rotatable bonds is 4. The van der Waals surface area contributed by atoms with E-state index in [1.54, 1.807) is 4.90 Å². The topological polar surface area (TPSA) is 29.5 Å². The quantitative estimate of drug-likeness (QED) is 0.507. The fourth-order valence-corrected chi connectivity index (χ4v) is 1.62. The van der Waals surface area contributed by atoms with Gasteiger partial charge in [0.05, 0.1) is 12.3 Å². The number of nitrogens with zero attached hydrogens (tertiary/aromatic N) is 1. The number of carbonyl (C=O) groups excluding carboxylic acids is 1. The minimum Gasteiger partial charge on any atom is -0.492 e. The van der Waals surface area contributed by atoms with Gasteiger partial charge in [-0.05, 0) is 20.3 Å². The third kappa shape index (κ3) is 2.16. The van der Waals surface area contributed by atoms with Gasteiger partial charge in [0.15, 0.2) is 0 Å². The first kappa shape index (κ1) is 10.8. The molecular formula is C11H17NO2. The van der Waals surface area contributed by atoms with Crippen LogP contribution in [0.1, 0.15) is 26.7 Å². The molecule has 0 N–H and O–H groups in total. The smallest absolute Gasteiger partial charge is 0.227 e. The van der Waals surface area contributed by atoms with E-state index >= 15 is 0 Å². The maximum Gasteiger partial charge on any atom is 0.227 e. The van der Waals surface area contributed by atoms with Crippen LogP contribution in [0.4, 0.5) is 0 Å². The van der Waals surface area contributed by atoms with Crippen LogP contribution in [-0.4, -0.2) is 24.0 Å². The molecule has 0 aromatic carbocycles. The number of likely N-dealkylation sites (tertiary alicyclic amines) is 1. The second-order valence-electron chi connectivity index (χ2n) is 3.18. The largest absolute Gasteiger partial charge is 0.492 e. The summed E-state index contributed by atoms with van der Waals surface area (Å²) in [5, 5.41) is 0. The number of hydrogen-bond acceptors (Lipinski definition) is 2. The van der Waals surface area contributed by atoms with Crippen LogP contribution < -0.4 is 0 Å². The first-order valence-corrected chi connectivity index (χ1v) is 4.99. The highest BCUT2D eigenvalue weighted by molar-refractivity contribution is 5.80. The van der Waals surface area contributed by atoms with E-state index in [2.05, 4.69) is 6.58 Å². The van der Waals surface area contributed by atoms with Gasteiger partial charge in [0.2, 0.25) is 5.91 Å². The zero-order valence-corrected chi connectivity index (χ0v) is 8.88. The van der Waals surface area contributed by atoms with E-state index in [1.807, 2.05) is 19.9 Å². The molecule has 0 bridgehead atoms. The van der Waals surface area contributed by atoms with Crippen molar-refractivity contribution in [3.05, 3.63) is 24.1 Å². The molecule has 1 heterocycles. The summed E-state index contributed by atoms with van der Waals surface area (Å²) in [4.78, 5) is 13.2. The summed E-state index contributed by atoms with van der Waals surface area (Å²) < 4.78 is 5.30. The molecule has 1 saturated heterocycles. The maximum absolute atomic E-state index is 11.5. The standard InChI is InChI=1S/C11H17NO2/c1-4-10(9(3)14-5-2)12-8-6-7-11(12)13/h4H,3,5-8H2,1-2H3/b10-4+. The number of allylic oxidation sites excluding steroid dienone is 1. The van der Waals surface area contributed by atoms with Crippen molar-refractivity contribution in [1.29, 1.82) is 0 Å². The van der Waals surface area contributed by atoms with Gasteiger partial charge in [-0.15, -0.1) is 0 Å². The summed E-state index contributed by atoms with van der Waals surface area (Å²) >= 11 is 0. The van der Waals surface area contributed by atoms with E-state index in [0.29, 0.717) is 18.8 Å². The van der Waals surface area contributed by atoms with Gasteiger partial charge in [-0.3, -0.25) is 4.79 Å². The SMILES string of the molecule is C=C(OCC)/C(=C\C)N1CCCC1=O. The molecular weight excluding hydrogens is 178 g/mol. The Kier molecular flexibility index (Phi) is 3.74.